The van der Waals surface area contributed by atoms with E-state index in [-0.39, 0.29) is 13.2 Å². The third-order valence-corrected chi connectivity index (χ3v) is 2.34. The first-order chi connectivity index (χ1) is 8.49. The van der Waals surface area contributed by atoms with Crippen molar-refractivity contribution in [3.63, 3.8) is 0 Å². The molecule has 106 valence electrons. The average Bonchev–Trinajstić information content (AvgIpc) is 2.30. The summed E-state index contributed by atoms with van der Waals surface area (Å²) < 4.78 is 9.55. The largest absolute Gasteiger partial charge is 0.465 e. The molecule has 0 aliphatic carbocycles. The number of halogens is 1. The maximum absolute atomic E-state index is 11.5. The summed E-state index contributed by atoms with van der Waals surface area (Å²) >= 11 is 4.89. The van der Waals surface area contributed by atoms with Gasteiger partial charge in [-0.25, -0.2) is 0 Å². The van der Waals surface area contributed by atoms with Crippen molar-refractivity contribution >= 4 is 39.6 Å². The van der Waals surface area contributed by atoms with Gasteiger partial charge in [-0.05, 0) is 31.9 Å². The Morgan fingerprint density at radius 3 is 1.72 bits per heavy atom. The molecule has 0 radical (unpaired) electrons. The van der Waals surface area contributed by atoms with E-state index in [0.29, 0.717) is 10.9 Å². The predicted molar refractivity (Wildman–Crippen MR) is 79.1 cm³/mol. The van der Waals surface area contributed by atoms with Crippen LogP contribution in [0.3, 0.4) is 0 Å². The lowest BCUT2D eigenvalue weighted by Gasteiger charge is -2.14. The summed E-state index contributed by atoms with van der Waals surface area (Å²) in [5, 5.41) is 0.356. The molecule has 4 nitrogen and oxygen atoms in total. The summed E-state index contributed by atoms with van der Waals surface area (Å²) in [5.41, 5.74) is 0.437. The normalized spacial score (nSPS) is 9.22. The molecule has 0 unspecified atom stereocenters. The van der Waals surface area contributed by atoms with Crippen LogP contribution in [-0.4, -0.2) is 43.0 Å². The second-order valence-corrected chi connectivity index (χ2v) is 4.51. The van der Waals surface area contributed by atoms with Crippen LogP contribution in [0.5, 0.6) is 0 Å². The zero-order chi connectivity index (χ0) is 14.6. The number of ether oxygens (including phenoxy) is 2. The molecule has 0 rings (SSSR count). The van der Waals surface area contributed by atoms with E-state index in [1.54, 1.807) is 25.6 Å². The topological polar surface area (TPSA) is 52.6 Å². The zero-order valence-electron chi connectivity index (χ0n) is 11.3. The Bertz CT molecular complexity index is 251. The summed E-state index contributed by atoms with van der Waals surface area (Å²) in [4.78, 5) is 22.9. The molecule has 0 saturated heterocycles. The first-order valence-electron chi connectivity index (χ1n) is 5.46. The number of carbonyl (C=O) groups is 2. The highest BCUT2D eigenvalue weighted by Crippen LogP contribution is 2.15. The van der Waals surface area contributed by atoms with Crippen molar-refractivity contribution in [3.8, 4) is 0 Å². The van der Waals surface area contributed by atoms with Gasteiger partial charge >= 0.3 is 11.9 Å². The summed E-state index contributed by atoms with van der Waals surface area (Å²) in [7, 11) is 0. The second kappa shape index (κ2) is 13.0. The van der Waals surface area contributed by atoms with Crippen LogP contribution in [0.4, 0.5) is 0 Å². The van der Waals surface area contributed by atoms with E-state index in [2.05, 4.69) is 22.5 Å². The molecular formula is C12H21BrO4S. The van der Waals surface area contributed by atoms with Crippen LogP contribution < -0.4 is 0 Å². The quantitative estimate of drug-likeness (QED) is 0.322. The van der Waals surface area contributed by atoms with Crippen molar-refractivity contribution in [2.75, 3.05) is 31.1 Å². The van der Waals surface area contributed by atoms with E-state index in [1.807, 2.05) is 12.5 Å². The van der Waals surface area contributed by atoms with Crippen LogP contribution in [-0.2, 0) is 19.1 Å². The van der Waals surface area contributed by atoms with Gasteiger partial charge in [-0.2, -0.15) is 11.8 Å². The minimum atomic E-state index is -1.02. The van der Waals surface area contributed by atoms with E-state index in [9.17, 15) is 9.59 Å². The molecule has 0 bridgehead atoms. The van der Waals surface area contributed by atoms with Gasteiger partial charge in [0.1, 0.15) is 0 Å². The van der Waals surface area contributed by atoms with E-state index < -0.39 is 17.9 Å². The van der Waals surface area contributed by atoms with E-state index >= 15 is 0 Å². The smallest absolute Gasteiger partial charge is 0.324 e. The molecule has 0 aliphatic rings. The molecule has 0 N–H and O–H groups in total. The maximum atomic E-state index is 11.5. The summed E-state index contributed by atoms with van der Waals surface area (Å²) in [6.45, 7) is 7.44. The van der Waals surface area contributed by atoms with E-state index in [1.165, 1.54) is 0 Å². The van der Waals surface area contributed by atoms with Gasteiger partial charge in [0.15, 0.2) is 5.92 Å². The Hall–Kier alpha value is -0.490. The number of rotatable bonds is 6. The molecule has 0 spiro atoms. The SMILES string of the molecule is C=C(CBr)C(C(=O)OCC)C(=O)OCC.CSC. The predicted octanol–water partition coefficient (Wildman–Crippen LogP) is 2.66. The van der Waals surface area contributed by atoms with Crippen LogP contribution in [0.2, 0.25) is 0 Å². The Labute approximate surface area is 122 Å². The second-order valence-electron chi connectivity index (χ2n) is 3.14. The van der Waals surface area contributed by atoms with E-state index in [0.717, 1.165) is 0 Å². The molecule has 0 fully saturated rings. The Kier molecular flexibility index (Phi) is 14.3. The molecule has 0 heterocycles. The van der Waals surface area contributed by atoms with Gasteiger partial charge in [0.05, 0.1) is 13.2 Å². The fourth-order valence-electron chi connectivity index (χ4n) is 0.958. The highest BCUT2D eigenvalue weighted by molar-refractivity contribution is 9.09. The lowest BCUT2D eigenvalue weighted by molar-refractivity contribution is -0.159. The number of alkyl halides is 1. The fourth-order valence-corrected chi connectivity index (χ4v) is 1.28. The van der Waals surface area contributed by atoms with Crippen LogP contribution in [0.25, 0.3) is 0 Å². The van der Waals surface area contributed by atoms with Crippen molar-refractivity contribution in [2.24, 2.45) is 5.92 Å². The van der Waals surface area contributed by atoms with Crippen molar-refractivity contribution < 1.29 is 19.1 Å². The highest BCUT2D eigenvalue weighted by Gasteiger charge is 2.31. The van der Waals surface area contributed by atoms with Crippen molar-refractivity contribution in [1.82, 2.24) is 0 Å². The molecular weight excluding hydrogens is 320 g/mol. The van der Waals surface area contributed by atoms with Gasteiger partial charge in [0.25, 0.3) is 0 Å². The summed E-state index contributed by atoms with van der Waals surface area (Å²) in [5.74, 6) is -2.25. The molecule has 18 heavy (non-hydrogen) atoms. The molecule has 0 aromatic heterocycles. The van der Waals surface area contributed by atoms with Crippen molar-refractivity contribution in [1.29, 1.82) is 0 Å². The maximum Gasteiger partial charge on any atom is 0.324 e. The number of thioether (sulfide) groups is 1. The van der Waals surface area contributed by atoms with Gasteiger partial charge in [-0.15, -0.1) is 0 Å². The van der Waals surface area contributed by atoms with Crippen molar-refractivity contribution in [3.05, 3.63) is 12.2 Å². The Balaban J connectivity index is 0. The summed E-state index contributed by atoms with van der Waals surface area (Å²) in [6.07, 6.45) is 4.08. The van der Waals surface area contributed by atoms with Gasteiger partial charge < -0.3 is 9.47 Å². The number of hydrogen-bond donors (Lipinski definition) is 0. The molecule has 0 aromatic carbocycles. The lowest BCUT2D eigenvalue weighted by Crippen LogP contribution is -2.30. The van der Waals surface area contributed by atoms with Gasteiger partial charge in [-0.1, -0.05) is 22.5 Å². The van der Waals surface area contributed by atoms with Gasteiger partial charge in [0.2, 0.25) is 0 Å². The first-order valence-corrected chi connectivity index (χ1v) is 8.22. The third-order valence-electron chi connectivity index (χ3n) is 1.62. The first kappa shape index (κ1) is 19.8. The minimum Gasteiger partial charge on any atom is -0.465 e. The van der Waals surface area contributed by atoms with Crippen LogP contribution in [0.1, 0.15) is 13.8 Å². The molecule has 0 saturated carbocycles. The molecule has 0 aromatic rings. The van der Waals surface area contributed by atoms with Crippen LogP contribution in [0, 0.1) is 5.92 Å². The molecule has 0 atom stereocenters. The van der Waals surface area contributed by atoms with Gasteiger partial charge in [-0.3, -0.25) is 9.59 Å². The third kappa shape index (κ3) is 8.58. The number of hydrogen-bond acceptors (Lipinski definition) is 5. The fraction of sp³-hybridized carbons (Fsp3) is 0.667. The standard InChI is InChI=1S/C10H15BrO4.C2H6S/c1-4-14-9(12)8(7(3)6-11)10(13)15-5-2;1-3-2/h8H,3-6H2,1-2H3;1-2H3. The summed E-state index contributed by atoms with van der Waals surface area (Å²) in [6, 6.07) is 0. The zero-order valence-corrected chi connectivity index (χ0v) is 13.7. The highest BCUT2D eigenvalue weighted by atomic mass is 79.9. The minimum absolute atomic E-state index is 0.226. The average molecular weight is 341 g/mol. The van der Waals surface area contributed by atoms with Gasteiger partial charge in [0, 0.05) is 5.33 Å². The van der Waals surface area contributed by atoms with Crippen LogP contribution >= 0.6 is 27.7 Å². The Morgan fingerprint density at radius 2 is 1.50 bits per heavy atom. The number of carbonyl (C=O) groups excluding carboxylic acids is 2. The van der Waals surface area contributed by atoms with Crippen molar-refractivity contribution in [2.45, 2.75) is 13.8 Å². The Morgan fingerprint density at radius 1 is 1.17 bits per heavy atom. The number of esters is 2. The molecule has 6 heteroatoms. The lowest BCUT2D eigenvalue weighted by atomic mass is 10.0. The van der Waals surface area contributed by atoms with Crippen LogP contribution in [0.15, 0.2) is 12.2 Å². The molecule has 0 amide bonds. The molecule has 0 aliphatic heterocycles. The van der Waals surface area contributed by atoms with E-state index in [4.69, 9.17) is 9.47 Å². The monoisotopic (exact) mass is 340 g/mol.